The Bertz CT molecular complexity index is 632. The molecule has 0 spiro atoms. The van der Waals surface area contributed by atoms with Gasteiger partial charge in [-0.25, -0.2) is 4.98 Å². The highest BCUT2D eigenvalue weighted by Crippen LogP contribution is 2.28. The lowest BCUT2D eigenvalue weighted by Gasteiger charge is -2.09. The molecule has 0 aliphatic heterocycles. The molecule has 0 fully saturated rings. The highest BCUT2D eigenvalue weighted by atomic mass is 19.4. The van der Waals surface area contributed by atoms with Gasteiger partial charge in [-0.1, -0.05) is 6.92 Å². The smallest absolute Gasteiger partial charge is 0.350 e. The first-order chi connectivity index (χ1) is 10.4. The fraction of sp³-hybridized carbons (Fsp3) is 0.333. The van der Waals surface area contributed by atoms with Gasteiger partial charge in [0.1, 0.15) is 5.82 Å². The van der Waals surface area contributed by atoms with Gasteiger partial charge in [0.2, 0.25) is 0 Å². The summed E-state index contributed by atoms with van der Waals surface area (Å²) in [6.07, 6.45) is -0.0908. The van der Waals surface area contributed by atoms with Crippen molar-refractivity contribution in [2.45, 2.75) is 26.1 Å². The average Bonchev–Trinajstić information content (AvgIpc) is 2.94. The second-order valence-corrected chi connectivity index (χ2v) is 4.72. The van der Waals surface area contributed by atoms with Crippen LogP contribution in [0.1, 0.15) is 28.7 Å². The predicted octanol–water partition coefficient (Wildman–Crippen LogP) is 2.89. The molecule has 0 saturated carbocycles. The van der Waals surface area contributed by atoms with Gasteiger partial charge >= 0.3 is 6.18 Å². The lowest BCUT2D eigenvalue weighted by molar-refractivity contribution is -0.137. The molecule has 118 valence electrons. The number of amides is 1. The molecule has 0 aliphatic rings. The summed E-state index contributed by atoms with van der Waals surface area (Å²) < 4.78 is 39.3. The van der Waals surface area contributed by atoms with E-state index < -0.39 is 17.6 Å². The molecule has 0 radical (unpaired) electrons. The normalized spacial score (nSPS) is 11.5. The molecule has 4 nitrogen and oxygen atoms in total. The first kappa shape index (κ1) is 16.1. The van der Waals surface area contributed by atoms with Crippen LogP contribution in [-0.4, -0.2) is 22.0 Å². The van der Waals surface area contributed by atoms with Gasteiger partial charge < -0.3 is 9.88 Å². The van der Waals surface area contributed by atoms with E-state index in [0.29, 0.717) is 13.1 Å². The Labute approximate surface area is 126 Å². The number of aryl methyl sites for hydroxylation is 1. The summed E-state index contributed by atoms with van der Waals surface area (Å²) in [4.78, 5) is 16.0. The lowest BCUT2D eigenvalue weighted by Crippen LogP contribution is -2.27. The maximum atomic E-state index is 12.4. The Morgan fingerprint density at radius 1 is 1.27 bits per heavy atom. The summed E-state index contributed by atoms with van der Waals surface area (Å²) in [7, 11) is 0. The van der Waals surface area contributed by atoms with Crippen LogP contribution in [-0.2, 0) is 19.1 Å². The summed E-state index contributed by atoms with van der Waals surface area (Å²) in [6, 6.07) is 4.15. The molecule has 0 saturated heterocycles. The van der Waals surface area contributed by atoms with Crippen molar-refractivity contribution < 1.29 is 18.0 Å². The van der Waals surface area contributed by atoms with Crippen LogP contribution in [0.5, 0.6) is 0 Å². The number of nitrogens with zero attached hydrogens (tertiary/aromatic N) is 2. The van der Waals surface area contributed by atoms with Gasteiger partial charge in [0.05, 0.1) is 5.56 Å². The molecule has 2 aromatic rings. The van der Waals surface area contributed by atoms with Crippen molar-refractivity contribution in [1.29, 1.82) is 0 Å². The fourth-order valence-electron chi connectivity index (χ4n) is 2.06. The zero-order valence-electron chi connectivity index (χ0n) is 12.0. The Hall–Kier alpha value is -2.31. The molecule has 7 heteroatoms. The quantitative estimate of drug-likeness (QED) is 0.923. The van der Waals surface area contributed by atoms with Crippen LogP contribution in [0, 0.1) is 0 Å². The number of carbonyl (C=O) groups excluding carboxylic acids is 1. The summed E-state index contributed by atoms with van der Waals surface area (Å²) in [5, 5.41) is 2.68. The van der Waals surface area contributed by atoms with E-state index in [1.807, 2.05) is 17.7 Å². The molecule has 0 aliphatic carbocycles. The Kier molecular flexibility index (Phi) is 4.85. The van der Waals surface area contributed by atoms with E-state index in [4.69, 9.17) is 0 Å². The summed E-state index contributed by atoms with van der Waals surface area (Å²) in [5.41, 5.74) is -0.565. The number of alkyl halides is 3. The standard InChI is InChI=1S/C15H16F3N3O/c1-2-13-19-7-9-21(13)10-8-20-14(22)11-3-5-12(6-4-11)15(16,17)18/h3-7,9H,2,8,10H2,1H3,(H,20,22). The highest BCUT2D eigenvalue weighted by Gasteiger charge is 2.30. The largest absolute Gasteiger partial charge is 0.416 e. The van der Waals surface area contributed by atoms with Crippen molar-refractivity contribution in [3.8, 4) is 0 Å². The van der Waals surface area contributed by atoms with Gasteiger partial charge in [-0.15, -0.1) is 0 Å². The zero-order valence-corrected chi connectivity index (χ0v) is 12.0. The molecule has 2 rings (SSSR count). The van der Waals surface area contributed by atoms with E-state index in [9.17, 15) is 18.0 Å². The van der Waals surface area contributed by atoms with Crippen molar-refractivity contribution in [3.05, 3.63) is 53.6 Å². The summed E-state index contributed by atoms with van der Waals surface area (Å²) in [6.45, 7) is 2.93. The minimum absolute atomic E-state index is 0.203. The van der Waals surface area contributed by atoms with E-state index >= 15 is 0 Å². The maximum Gasteiger partial charge on any atom is 0.416 e. The molecular weight excluding hydrogens is 295 g/mol. The number of rotatable bonds is 5. The predicted molar refractivity (Wildman–Crippen MR) is 75.4 cm³/mol. The number of hydrogen-bond donors (Lipinski definition) is 1. The van der Waals surface area contributed by atoms with Gasteiger partial charge in [0.25, 0.3) is 5.91 Å². The van der Waals surface area contributed by atoms with E-state index in [1.165, 1.54) is 12.1 Å². The van der Waals surface area contributed by atoms with Crippen LogP contribution in [0.3, 0.4) is 0 Å². The molecule has 22 heavy (non-hydrogen) atoms. The molecule has 1 N–H and O–H groups in total. The van der Waals surface area contributed by atoms with Crippen molar-refractivity contribution in [1.82, 2.24) is 14.9 Å². The molecular formula is C15H16F3N3O. The molecule has 1 aromatic heterocycles. The van der Waals surface area contributed by atoms with E-state index in [2.05, 4.69) is 10.3 Å². The zero-order chi connectivity index (χ0) is 16.2. The third-order valence-electron chi connectivity index (χ3n) is 3.23. The number of hydrogen-bond acceptors (Lipinski definition) is 2. The number of halogens is 3. The van der Waals surface area contributed by atoms with Gasteiger partial charge in [-0.2, -0.15) is 13.2 Å². The van der Waals surface area contributed by atoms with Crippen molar-refractivity contribution in [2.75, 3.05) is 6.54 Å². The monoisotopic (exact) mass is 311 g/mol. The van der Waals surface area contributed by atoms with Gasteiger partial charge in [0.15, 0.2) is 0 Å². The molecule has 1 heterocycles. The van der Waals surface area contributed by atoms with E-state index in [1.54, 1.807) is 6.20 Å². The fourth-order valence-corrected chi connectivity index (χ4v) is 2.06. The van der Waals surface area contributed by atoms with E-state index in [0.717, 1.165) is 24.4 Å². The first-order valence-electron chi connectivity index (χ1n) is 6.87. The van der Waals surface area contributed by atoms with Gasteiger partial charge in [-0.3, -0.25) is 4.79 Å². The minimum atomic E-state index is -4.40. The molecule has 0 unspecified atom stereocenters. The van der Waals surface area contributed by atoms with Gasteiger partial charge in [-0.05, 0) is 24.3 Å². The first-order valence-corrected chi connectivity index (χ1v) is 6.87. The molecule has 0 atom stereocenters. The minimum Gasteiger partial charge on any atom is -0.350 e. The Balaban J connectivity index is 1.90. The molecule has 1 aromatic carbocycles. The topological polar surface area (TPSA) is 46.9 Å². The van der Waals surface area contributed by atoms with Crippen LogP contribution in [0.25, 0.3) is 0 Å². The highest BCUT2D eigenvalue weighted by molar-refractivity contribution is 5.94. The van der Waals surface area contributed by atoms with Crippen LogP contribution in [0.4, 0.5) is 13.2 Å². The van der Waals surface area contributed by atoms with Gasteiger partial charge in [0, 0.05) is 37.5 Å². The van der Waals surface area contributed by atoms with Crippen molar-refractivity contribution in [3.63, 3.8) is 0 Å². The van der Waals surface area contributed by atoms with Crippen LogP contribution in [0.2, 0.25) is 0 Å². The van der Waals surface area contributed by atoms with Crippen LogP contribution < -0.4 is 5.32 Å². The summed E-state index contributed by atoms with van der Waals surface area (Å²) in [5.74, 6) is 0.524. The molecule has 0 bridgehead atoms. The number of imidazole rings is 1. The lowest BCUT2D eigenvalue weighted by atomic mass is 10.1. The second kappa shape index (κ2) is 6.64. The third-order valence-corrected chi connectivity index (χ3v) is 3.23. The van der Waals surface area contributed by atoms with Crippen LogP contribution >= 0.6 is 0 Å². The van der Waals surface area contributed by atoms with Crippen molar-refractivity contribution in [2.24, 2.45) is 0 Å². The SMILES string of the molecule is CCc1nccn1CCNC(=O)c1ccc(C(F)(F)F)cc1. The molecule has 1 amide bonds. The number of benzene rings is 1. The maximum absolute atomic E-state index is 12.4. The second-order valence-electron chi connectivity index (χ2n) is 4.72. The number of aromatic nitrogens is 2. The third kappa shape index (κ3) is 3.87. The summed E-state index contributed by atoms with van der Waals surface area (Å²) >= 11 is 0. The Morgan fingerprint density at radius 3 is 2.55 bits per heavy atom. The Morgan fingerprint density at radius 2 is 1.95 bits per heavy atom. The van der Waals surface area contributed by atoms with Crippen molar-refractivity contribution >= 4 is 5.91 Å². The number of carbonyl (C=O) groups is 1. The number of nitrogens with one attached hydrogen (secondary N) is 1. The average molecular weight is 311 g/mol. The van der Waals surface area contributed by atoms with Crippen LogP contribution in [0.15, 0.2) is 36.7 Å². The van der Waals surface area contributed by atoms with E-state index in [-0.39, 0.29) is 5.56 Å².